The third kappa shape index (κ3) is 2.57. The van der Waals surface area contributed by atoms with Crippen molar-refractivity contribution < 1.29 is 23.1 Å². The number of furan rings is 1. The first-order valence-corrected chi connectivity index (χ1v) is 7.57. The minimum absolute atomic E-state index is 0.0109. The Morgan fingerprint density at radius 2 is 1.68 bits per heavy atom. The number of carbonyl (C=O) groups excluding carboxylic acids is 2. The third-order valence-electron chi connectivity index (χ3n) is 3.92. The molecule has 0 unspecified atom stereocenters. The highest BCUT2D eigenvalue weighted by Crippen LogP contribution is 2.31. The average molecular weight is 337 g/mol. The largest absolute Gasteiger partial charge is 0.483 e. The maximum absolute atomic E-state index is 14.3. The Morgan fingerprint density at radius 3 is 2.28 bits per heavy atom. The van der Waals surface area contributed by atoms with Gasteiger partial charge in [0.2, 0.25) is 0 Å². The summed E-state index contributed by atoms with van der Waals surface area (Å²) < 4.78 is 24.8. The van der Waals surface area contributed by atoms with Gasteiger partial charge in [0.15, 0.2) is 11.6 Å². The molecule has 6 heteroatoms. The first-order chi connectivity index (χ1) is 12.1. The molecule has 5 nitrogen and oxygen atoms in total. The number of benzene rings is 2. The van der Waals surface area contributed by atoms with Crippen LogP contribution in [0.2, 0.25) is 0 Å². The van der Waals surface area contributed by atoms with E-state index in [1.807, 2.05) is 0 Å². The van der Waals surface area contributed by atoms with Gasteiger partial charge in [-0.3, -0.25) is 9.59 Å². The van der Waals surface area contributed by atoms with Crippen molar-refractivity contribution in [2.75, 3.05) is 4.90 Å². The normalized spacial score (nSPS) is 13.2. The van der Waals surface area contributed by atoms with Gasteiger partial charge in [0, 0.05) is 6.07 Å². The Bertz CT molecular complexity index is 930. The molecule has 1 aliphatic rings. The van der Waals surface area contributed by atoms with Crippen LogP contribution < -0.4 is 9.64 Å². The molecule has 4 rings (SSSR count). The maximum atomic E-state index is 14.3. The van der Waals surface area contributed by atoms with Crippen molar-refractivity contribution in [2.45, 2.75) is 6.61 Å². The van der Waals surface area contributed by atoms with Crippen molar-refractivity contribution in [3.63, 3.8) is 0 Å². The van der Waals surface area contributed by atoms with Crippen LogP contribution >= 0.6 is 0 Å². The van der Waals surface area contributed by atoms with E-state index in [4.69, 9.17) is 9.15 Å². The van der Waals surface area contributed by atoms with Crippen molar-refractivity contribution >= 4 is 17.5 Å². The van der Waals surface area contributed by atoms with Crippen LogP contribution in [0.25, 0.3) is 0 Å². The van der Waals surface area contributed by atoms with Crippen LogP contribution in [0.4, 0.5) is 10.1 Å². The maximum Gasteiger partial charge on any atom is 0.266 e. The number of halogens is 1. The summed E-state index contributed by atoms with van der Waals surface area (Å²) in [6.45, 7) is 0.0796. The standard InChI is InChI=1S/C19H12FNO4/c20-16-10-12(7-8-17(16)25-11-13-4-3-9-24-13)21-18(22)14-5-1-2-6-15(14)19(21)23/h1-10H,11H2. The fraction of sp³-hybridized carbons (Fsp3) is 0.0526. The Kier molecular flexibility index (Phi) is 3.57. The molecule has 2 heterocycles. The summed E-state index contributed by atoms with van der Waals surface area (Å²) in [5.41, 5.74) is 0.783. The zero-order valence-corrected chi connectivity index (χ0v) is 12.9. The lowest BCUT2D eigenvalue weighted by molar-refractivity contribution is 0.0926. The molecule has 124 valence electrons. The number of imide groups is 1. The van der Waals surface area contributed by atoms with Gasteiger partial charge in [-0.1, -0.05) is 12.1 Å². The van der Waals surface area contributed by atoms with Gasteiger partial charge in [0.25, 0.3) is 11.8 Å². The highest BCUT2D eigenvalue weighted by Gasteiger charge is 2.36. The summed E-state index contributed by atoms with van der Waals surface area (Å²) in [6, 6.07) is 13.9. The molecule has 0 saturated heterocycles. The van der Waals surface area contributed by atoms with Gasteiger partial charge < -0.3 is 9.15 Å². The second-order valence-electron chi connectivity index (χ2n) is 5.47. The van der Waals surface area contributed by atoms with Crippen molar-refractivity contribution in [1.82, 2.24) is 0 Å². The summed E-state index contributed by atoms with van der Waals surface area (Å²) in [5, 5.41) is 0. The van der Waals surface area contributed by atoms with Crippen LogP contribution in [-0.2, 0) is 6.61 Å². The lowest BCUT2D eigenvalue weighted by Gasteiger charge is -2.15. The van der Waals surface area contributed by atoms with E-state index in [0.717, 1.165) is 11.0 Å². The number of ether oxygens (including phenoxy) is 1. The summed E-state index contributed by atoms with van der Waals surface area (Å²) in [7, 11) is 0. The lowest BCUT2D eigenvalue weighted by atomic mass is 10.1. The van der Waals surface area contributed by atoms with Gasteiger partial charge >= 0.3 is 0 Å². The van der Waals surface area contributed by atoms with Crippen LogP contribution in [-0.4, -0.2) is 11.8 Å². The van der Waals surface area contributed by atoms with Crippen molar-refractivity contribution in [3.8, 4) is 5.75 Å². The Hall–Kier alpha value is -3.41. The first kappa shape index (κ1) is 15.1. The highest BCUT2D eigenvalue weighted by molar-refractivity contribution is 6.34. The molecule has 0 atom stereocenters. The minimum Gasteiger partial charge on any atom is -0.483 e. The number of hydrogen-bond acceptors (Lipinski definition) is 4. The molecule has 2 aromatic carbocycles. The number of carbonyl (C=O) groups is 2. The van der Waals surface area contributed by atoms with Gasteiger partial charge in [-0.25, -0.2) is 9.29 Å². The van der Waals surface area contributed by atoms with E-state index in [1.54, 1.807) is 36.4 Å². The molecule has 0 N–H and O–H groups in total. The fourth-order valence-corrected chi connectivity index (χ4v) is 2.71. The first-order valence-electron chi connectivity index (χ1n) is 7.57. The molecule has 0 saturated carbocycles. The van der Waals surface area contributed by atoms with E-state index < -0.39 is 17.6 Å². The van der Waals surface area contributed by atoms with E-state index in [1.165, 1.54) is 18.4 Å². The molecule has 0 radical (unpaired) electrons. The quantitative estimate of drug-likeness (QED) is 0.680. The third-order valence-corrected chi connectivity index (χ3v) is 3.92. The van der Waals surface area contributed by atoms with Crippen LogP contribution in [0.1, 0.15) is 26.5 Å². The lowest BCUT2D eigenvalue weighted by Crippen LogP contribution is -2.29. The molecular formula is C19H12FNO4. The Balaban J connectivity index is 1.59. The molecule has 0 spiro atoms. The number of nitrogens with zero attached hydrogens (tertiary/aromatic N) is 1. The molecular weight excluding hydrogens is 325 g/mol. The van der Waals surface area contributed by atoms with E-state index in [0.29, 0.717) is 16.9 Å². The van der Waals surface area contributed by atoms with Crippen molar-refractivity contribution in [3.05, 3.63) is 83.6 Å². The Morgan fingerprint density at radius 1 is 0.960 bits per heavy atom. The summed E-state index contributed by atoms with van der Waals surface area (Å²) in [4.78, 5) is 25.8. The number of amides is 2. The molecule has 0 fully saturated rings. The van der Waals surface area contributed by atoms with E-state index in [-0.39, 0.29) is 18.0 Å². The number of anilines is 1. The highest BCUT2D eigenvalue weighted by atomic mass is 19.1. The minimum atomic E-state index is -0.666. The number of fused-ring (bicyclic) bond motifs is 1. The van der Waals surface area contributed by atoms with Gasteiger partial charge in [0.1, 0.15) is 12.4 Å². The van der Waals surface area contributed by atoms with Gasteiger partial charge in [0.05, 0.1) is 23.1 Å². The van der Waals surface area contributed by atoms with Crippen molar-refractivity contribution in [2.24, 2.45) is 0 Å². The second kappa shape index (κ2) is 5.90. The molecule has 3 aromatic rings. The average Bonchev–Trinajstić information content (AvgIpc) is 3.22. The topological polar surface area (TPSA) is 59.8 Å². The smallest absolute Gasteiger partial charge is 0.266 e. The molecule has 1 aliphatic heterocycles. The number of rotatable bonds is 4. The molecule has 0 bridgehead atoms. The molecule has 25 heavy (non-hydrogen) atoms. The zero-order valence-electron chi connectivity index (χ0n) is 12.9. The fourth-order valence-electron chi connectivity index (χ4n) is 2.71. The summed E-state index contributed by atoms with van der Waals surface area (Å²) >= 11 is 0. The van der Waals surface area contributed by atoms with Crippen LogP contribution in [0, 0.1) is 5.82 Å². The number of hydrogen-bond donors (Lipinski definition) is 0. The molecule has 0 aliphatic carbocycles. The second-order valence-corrected chi connectivity index (χ2v) is 5.47. The van der Waals surface area contributed by atoms with E-state index in [9.17, 15) is 14.0 Å². The molecule has 2 amide bonds. The monoisotopic (exact) mass is 337 g/mol. The summed E-state index contributed by atoms with van der Waals surface area (Å²) in [6.07, 6.45) is 1.50. The predicted octanol–water partition coefficient (Wildman–Crippen LogP) is 3.80. The predicted molar refractivity (Wildman–Crippen MR) is 87.0 cm³/mol. The van der Waals surface area contributed by atoms with Crippen molar-refractivity contribution in [1.29, 1.82) is 0 Å². The van der Waals surface area contributed by atoms with Crippen LogP contribution in [0.3, 0.4) is 0 Å². The Labute approximate surface area is 142 Å². The summed E-state index contributed by atoms with van der Waals surface area (Å²) in [5.74, 6) is -1.03. The van der Waals surface area contributed by atoms with E-state index >= 15 is 0 Å². The van der Waals surface area contributed by atoms with Gasteiger partial charge in [-0.05, 0) is 36.4 Å². The van der Waals surface area contributed by atoms with Crippen LogP contribution in [0.5, 0.6) is 5.75 Å². The van der Waals surface area contributed by atoms with Gasteiger partial charge in [-0.15, -0.1) is 0 Å². The molecule has 1 aromatic heterocycles. The SMILES string of the molecule is O=C1c2ccccc2C(=O)N1c1ccc(OCc2ccco2)c(F)c1. The van der Waals surface area contributed by atoms with Crippen LogP contribution in [0.15, 0.2) is 65.3 Å². The van der Waals surface area contributed by atoms with E-state index in [2.05, 4.69) is 0 Å². The van der Waals surface area contributed by atoms with Gasteiger partial charge in [-0.2, -0.15) is 0 Å². The zero-order chi connectivity index (χ0) is 17.4.